The van der Waals surface area contributed by atoms with Crippen LogP contribution in [0.15, 0.2) is 42.9 Å². The van der Waals surface area contributed by atoms with E-state index in [-0.39, 0.29) is 6.04 Å². The summed E-state index contributed by atoms with van der Waals surface area (Å²) in [6.07, 6.45) is 6.41. The van der Waals surface area contributed by atoms with Gasteiger partial charge in [-0.15, -0.1) is 0 Å². The lowest BCUT2D eigenvalue weighted by Gasteiger charge is -2.08. The maximum Gasteiger partial charge on any atom is 0.0709 e. The summed E-state index contributed by atoms with van der Waals surface area (Å²) in [5.41, 5.74) is 9.36. The molecule has 3 rings (SSSR count). The molecule has 3 aromatic rings. The van der Waals surface area contributed by atoms with E-state index in [0.717, 1.165) is 23.2 Å². The van der Waals surface area contributed by atoms with Gasteiger partial charge in [0.25, 0.3) is 0 Å². The SMILES string of the molecule is Cn1ccc(CC(N)c2cnn3ccccc23)n1. The minimum Gasteiger partial charge on any atom is -0.324 e. The average Bonchev–Trinajstić information content (AvgIpc) is 2.95. The van der Waals surface area contributed by atoms with Gasteiger partial charge in [0.1, 0.15) is 0 Å². The van der Waals surface area contributed by atoms with Gasteiger partial charge in [0.15, 0.2) is 0 Å². The van der Waals surface area contributed by atoms with Crippen LogP contribution in [0.2, 0.25) is 0 Å². The third-order valence-corrected chi connectivity index (χ3v) is 3.05. The molecule has 0 aromatic carbocycles. The molecule has 3 aromatic heterocycles. The van der Waals surface area contributed by atoms with Crippen LogP contribution in [-0.2, 0) is 13.5 Å². The van der Waals surface area contributed by atoms with E-state index in [1.165, 1.54) is 0 Å². The third kappa shape index (κ3) is 1.89. The lowest BCUT2D eigenvalue weighted by molar-refractivity contribution is 0.678. The van der Waals surface area contributed by atoms with E-state index < -0.39 is 0 Å². The maximum atomic E-state index is 6.24. The Labute approximate surface area is 105 Å². The van der Waals surface area contributed by atoms with E-state index in [9.17, 15) is 0 Å². The van der Waals surface area contributed by atoms with Crippen LogP contribution in [0.5, 0.6) is 0 Å². The van der Waals surface area contributed by atoms with Gasteiger partial charge in [0.05, 0.1) is 17.4 Å². The number of rotatable bonds is 3. The van der Waals surface area contributed by atoms with Crippen LogP contribution in [-0.4, -0.2) is 19.4 Å². The van der Waals surface area contributed by atoms with Gasteiger partial charge < -0.3 is 5.73 Å². The van der Waals surface area contributed by atoms with Crippen LogP contribution < -0.4 is 5.73 Å². The van der Waals surface area contributed by atoms with Gasteiger partial charge >= 0.3 is 0 Å². The zero-order chi connectivity index (χ0) is 12.5. The van der Waals surface area contributed by atoms with Gasteiger partial charge in [0, 0.05) is 37.5 Å². The lowest BCUT2D eigenvalue weighted by atomic mass is 10.0. The molecule has 92 valence electrons. The average molecular weight is 241 g/mol. The highest BCUT2D eigenvalue weighted by Gasteiger charge is 2.13. The second-order valence-electron chi connectivity index (χ2n) is 4.42. The molecule has 0 spiro atoms. The van der Waals surface area contributed by atoms with E-state index in [4.69, 9.17) is 5.73 Å². The molecule has 0 aliphatic carbocycles. The first-order valence-electron chi connectivity index (χ1n) is 5.90. The van der Waals surface area contributed by atoms with E-state index in [1.807, 2.05) is 54.4 Å². The molecular formula is C13H15N5. The fraction of sp³-hybridized carbons (Fsp3) is 0.231. The van der Waals surface area contributed by atoms with Crippen molar-refractivity contribution in [1.82, 2.24) is 19.4 Å². The van der Waals surface area contributed by atoms with Crippen molar-refractivity contribution in [1.29, 1.82) is 0 Å². The zero-order valence-electron chi connectivity index (χ0n) is 10.2. The molecular weight excluding hydrogens is 226 g/mol. The van der Waals surface area contributed by atoms with Crippen molar-refractivity contribution in [3.63, 3.8) is 0 Å². The van der Waals surface area contributed by atoms with Crippen molar-refractivity contribution < 1.29 is 0 Å². The van der Waals surface area contributed by atoms with Crippen molar-refractivity contribution in [2.45, 2.75) is 12.5 Å². The monoisotopic (exact) mass is 241 g/mol. The lowest BCUT2D eigenvalue weighted by Crippen LogP contribution is -2.13. The Hall–Kier alpha value is -2.14. The van der Waals surface area contributed by atoms with Gasteiger partial charge in [-0.3, -0.25) is 4.68 Å². The van der Waals surface area contributed by atoms with Crippen molar-refractivity contribution in [3.8, 4) is 0 Å². The first kappa shape index (κ1) is 11.0. The molecule has 0 saturated heterocycles. The van der Waals surface area contributed by atoms with Crippen molar-refractivity contribution in [3.05, 3.63) is 54.1 Å². The highest BCUT2D eigenvalue weighted by Crippen LogP contribution is 2.19. The van der Waals surface area contributed by atoms with Crippen molar-refractivity contribution in [2.24, 2.45) is 12.8 Å². The number of aryl methyl sites for hydroxylation is 1. The molecule has 0 aliphatic heterocycles. The number of hydrogen-bond donors (Lipinski definition) is 1. The predicted octanol–water partition coefficient (Wildman–Crippen LogP) is 1.31. The van der Waals surface area contributed by atoms with Gasteiger partial charge in [-0.05, 0) is 18.2 Å². The Balaban J connectivity index is 1.90. The molecule has 5 heteroatoms. The summed E-state index contributed by atoms with van der Waals surface area (Å²) >= 11 is 0. The van der Waals surface area contributed by atoms with Crippen LogP contribution in [0.4, 0.5) is 0 Å². The largest absolute Gasteiger partial charge is 0.324 e. The van der Waals surface area contributed by atoms with E-state index in [0.29, 0.717) is 0 Å². The molecule has 0 bridgehead atoms. The number of nitrogens with two attached hydrogens (primary N) is 1. The second kappa shape index (κ2) is 4.27. The molecule has 1 atom stereocenters. The Kier molecular flexibility index (Phi) is 2.60. The Bertz CT molecular complexity index is 667. The summed E-state index contributed by atoms with van der Waals surface area (Å²) < 4.78 is 3.63. The van der Waals surface area contributed by atoms with E-state index >= 15 is 0 Å². The minimum absolute atomic E-state index is 0.0835. The van der Waals surface area contributed by atoms with Gasteiger partial charge in [-0.2, -0.15) is 10.2 Å². The number of fused-ring (bicyclic) bond motifs is 1. The summed E-state index contributed by atoms with van der Waals surface area (Å²) in [5.74, 6) is 0. The zero-order valence-corrected chi connectivity index (χ0v) is 10.2. The maximum absolute atomic E-state index is 6.24. The highest BCUT2D eigenvalue weighted by atomic mass is 15.2. The smallest absolute Gasteiger partial charge is 0.0709 e. The standard InChI is InChI=1S/C13H15N5/c1-17-7-5-10(16-17)8-12(14)11-9-15-18-6-3-2-4-13(11)18/h2-7,9,12H,8,14H2,1H3. The molecule has 3 heterocycles. The summed E-state index contributed by atoms with van der Waals surface area (Å²) in [4.78, 5) is 0. The normalized spacial score (nSPS) is 13.0. The molecule has 0 amide bonds. The Morgan fingerprint density at radius 3 is 2.94 bits per heavy atom. The molecule has 0 radical (unpaired) electrons. The van der Waals surface area contributed by atoms with Crippen molar-refractivity contribution in [2.75, 3.05) is 0 Å². The van der Waals surface area contributed by atoms with Crippen LogP contribution in [0.25, 0.3) is 5.52 Å². The Morgan fingerprint density at radius 2 is 2.17 bits per heavy atom. The molecule has 1 unspecified atom stereocenters. The van der Waals surface area contributed by atoms with E-state index in [2.05, 4.69) is 10.2 Å². The molecule has 0 fully saturated rings. The summed E-state index contributed by atoms with van der Waals surface area (Å²) in [5, 5.41) is 8.65. The second-order valence-corrected chi connectivity index (χ2v) is 4.42. The predicted molar refractivity (Wildman–Crippen MR) is 69.0 cm³/mol. The van der Waals surface area contributed by atoms with Gasteiger partial charge in [-0.1, -0.05) is 6.07 Å². The number of nitrogens with zero attached hydrogens (tertiary/aromatic N) is 4. The molecule has 2 N–H and O–H groups in total. The minimum atomic E-state index is -0.0835. The summed E-state index contributed by atoms with van der Waals surface area (Å²) in [7, 11) is 1.91. The van der Waals surface area contributed by atoms with Gasteiger partial charge in [-0.25, -0.2) is 4.52 Å². The number of pyridine rings is 1. The van der Waals surface area contributed by atoms with Crippen molar-refractivity contribution >= 4 is 5.52 Å². The highest BCUT2D eigenvalue weighted by molar-refractivity contribution is 5.54. The van der Waals surface area contributed by atoms with Crippen LogP contribution in [0.3, 0.4) is 0 Å². The van der Waals surface area contributed by atoms with Crippen LogP contribution in [0, 0.1) is 0 Å². The summed E-state index contributed by atoms with van der Waals surface area (Å²) in [6.45, 7) is 0. The molecule has 5 nitrogen and oxygen atoms in total. The quantitative estimate of drug-likeness (QED) is 0.752. The molecule has 18 heavy (non-hydrogen) atoms. The Morgan fingerprint density at radius 1 is 1.28 bits per heavy atom. The fourth-order valence-electron chi connectivity index (χ4n) is 2.15. The fourth-order valence-corrected chi connectivity index (χ4v) is 2.15. The molecule has 0 saturated carbocycles. The first-order valence-corrected chi connectivity index (χ1v) is 5.90. The topological polar surface area (TPSA) is 61.1 Å². The first-order chi connectivity index (χ1) is 8.74. The van der Waals surface area contributed by atoms with E-state index in [1.54, 1.807) is 4.68 Å². The summed E-state index contributed by atoms with van der Waals surface area (Å²) in [6, 6.07) is 7.88. The van der Waals surface area contributed by atoms with Crippen LogP contribution >= 0.6 is 0 Å². The third-order valence-electron chi connectivity index (χ3n) is 3.05. The van der Waals surface area contributed by atoms with Gasteiger partial charge in [0.2, 0.25) is 0 Å². The molecule has 0 aliphatic rings. The van der Waals surface area contributed by atoms with Crippen LogP contribution in [0.1, 0.15) is 17.3 Å². The number of hydrogen-bond acceptors (Lipinski definition) is 3. The number of aromatic nitrogens is 4.